The maximum Gasteiger partial charge on any atom is 0.244 e. The monoisotopic (exact) mass is 286 g/mol. The predicted molar refractivity (Wildman–Crippen MR) is 72.0 cm³/mol. The molecule has 0 saturated carbocycles. The first-order valence-electron chi connectivity index (χ1n) is 5.62. The summed E-state index contributed by atoms with van der Waals surface area (Å²) in [5, 5.41) is 2.78. The van der Waals surface area contributed by atoms with Crippen LogP contribution in [-0.2, 0) is 14.8 Å². The van der Waals surface area contributed by atoms with Crippen LogP contribution in [0.5, 0.6) is 0 Å². The highest BCUT2D eigenvalue weighted by Gasteiger charge is 2.29. The van der Waals surface area contributed by atoms with E-state index in [4.69, 9.17) is 5.73 Å². The van der Waals surface area contributed by atoms with Gasteiger partial charge >= 0.3 is 0 Å². The highest BCUT2D eigenvalue weighted by atomic mass is 32.2. The summed E-state index contributed by atoms with van der Waals surface area (Å²) in [6.07, 6.45) is 2.63. The number of rotatable bonds is 6. The van der Waals surface area contributed by atoms with Gasteiger partial charge in [-0.05, 0) is 19.9 Å². The molecule has 1 rings (SSSR count). The van der Waals surface area contributed by atoms with Gasteiger partial charge in [0.2, 0.25) is 15.9 Å². The molecule has 0 saturated heterocycles. The summed E-state index contributed by atoms with van der Waals surface area (Å²) in [6, 6.07) is 1.55. The van der Waals surface area contributed by atoms with E-state index in [9.17, 15) is 13.2 Å². The molecule has 0 atom stereocenters. The van der Waals surface area contributed by atoms with E-state index < -0.39 is 21.5 Å². The molecule has 0 aromatic carbocycles. The predicted octanol–water partition coefficient (Wildman–Crippen LogP) is 0.0556. The van der Waals surface area contributed by atoms with Crippen LogP contribution in [0.2, 0.25) is 0 Å². The van der Waals surface area contributed by atoms with Crippen LogP contribution in [0.4, 0.5) is 5.69 Å². The zero-order valence-electron chi connectivity index (χ0n) is 11.1. The van der Waals surface area contributed by atoms with Crippen molar-refractivity contribution >= 4 is 21.6 Å². The Kier molecular flexibility index (Phi) is 4.48. The number of primary amides is 1. The van der Waals surface area contributed by atoms with Crippen molar-refractivity contribution < 1.29 is 13.2 Å². The average Bonchev–Trinajstić information content (AvgIpc) is 2.25. The lowest BCUT2D eigenvalue weighted by molar-refractivity contribution is -0.119. The summed E-state index contributed by atoms with van der Waals surface area (Å²) in [5.41, 5.74) is 4.56. The number of sulfonamides is 1. The number of anilines is 1. The summed E-state index contributed by atoms with van der Waals surface area (Å²) < 4.78 is 27.0. The Bertz CT molecular complexity index is 569. The third-order valence-electron chi connectivity index (χ3n) is 2.37. The second-order valence-electron chi connectivity index (χ2n) is 4.75. The Balaban J connectivity index is 3.08. The number of hydrogen-bond acceptors (Lipinski definition) is 5. The molecule has 19 heavy (non-hydrogen) atoms. The van der Waals surface area contributed by atoms with Crippen LogP contribution in [0.15, 0.2) is 23.4 Å². The molecule has 1 aromatic heterocycles. The first-order chi connectivity index (χ1) is 8.68. The Morgan fingerprint density at radius 3 is 2.63 bits per heavy atom. The van der Waals surface area contributed by atoms with Gasteiger partial charge in [-0.25, -0.2) is 13.1 Å². The van der Waals surface area contributed by atoms with Crippen molar-refractivity contribution in [1.29, 1.82) is 0 Å². The first kappa shape index (κ1) is 15.4. The van der Waals surface area contributed by atoms with Crippen molar-refractivity contribution in [3.05, 3.63) is 18.5 Å². The van der Waals surface area contributed by atoms with Crippen molar-refractivity contribution in [1.82, 2.24) is 9.71 Å². The maximum absolute atomic E-state index is 12.3. The fourth-order valence-corrected chi connectivity index (χ4v) is 3.26. The number of pyridine rings is 1. The molecule has 0 spiro atoms. The smallest absolute Gasteiger partial charge is 0.244 e. The minimum absolute atomic E-state index is 0.0232. The number of hydrogen-bond donors (Lipinski definition) is 3. The van der Waals surface area contributed by atoms with E-state index in [-0.39, 0.29) is 11.3 Å². The van der Waals surface area contributed by atoms with Crippen molar-refractivity contribution in [2.75, 3.05) is 12.4 Å². The number of carbonyl (C=O) groups is 1. The molecule has 7 nitrogen and oxygen atoms in total. The quantitative estimate of drug-likeness (QED) is 0.684. The SMILES string of the molecule is CNc1ccncc1S(=O)(=O)NC(C)(C)CC(N)=O. The first-order valence-corrected chi connectivity index (χ1v) is 7.10. The van der Waals surface area contributed by atoms with Gasteiger partial charge in [0.1, 0.15) is 4.90 Å². The Morgan fingerprint density at radius 1 is 1.47 bits per heavy atom. The van der Waals surface area contributed by atoms with Crippen molar-refractivity contribution in [3.8, 4) is 0 Å². The van der Waals surface area contributed by atoms with E-state index in [2.05, 4.69) is 15.0 Å². The molecule has 0 aliphatic rings. The molecule has 0 radical (unpaired) electrons. The topological polar surface area (TPSA) is 114 Å². The molecule has 0 fully saturated rings. The lowest BCUT2D eigenvalue weighted by Gasteiger charge is -2.24. The highest BCUT2D eigenvalue weighted by molar-refractivity contribution is 7.89. The van der Waals surface area contributed by atoms with Crippen molar-refractivity contribution in [3.63, 3.8) is 0 Å². The molecule has 4 N–H and O–H groups in total. The summed E-state index contributed by atoms with van der Waals surface area (Å²) in [6.45, 7) is 3.18. The van der Waals surface area contributed by atoms with Crippen LogP contribution in [-0.4, -0.2) is 31.9 Å². The molecule has 0 unspecified atom stereocenters. The zero-order valence-corrected chi connectivity index (χ0v) is 11.9. The molecular formula is C11H18N4O3S. The molecule has 0 bridgehead atoms. The zero-order chi connectivity index (χ0) is 14.7. The van der Waals surface area contributed by atoms with Crippen molar-refractivity contribution in [2.45, 2.75) is 30.7 Å². The molecule has 0 aliphatic carbocycles. The lowest BCUT2D eigenvalue weighted by atomic mass is 10.0. The van der Waals surface area contributed by atoms with Gasteiger partial charge in [-0.1, -0.05) is 0 Å². The van der Waals surface area contributed by atoms with E-state index in [0.717, 1.165) is 0 Å². The third-order valence-corrected chi connectivity index (χ3v) is 4.10. The second kappa shape index (κ2) is 5.54. The summed E-state index contributed by atoms with van der Waals surface area (Å²) >= 11 is 0. The Labute approximate surface area is 112 Å². The van der Waals surface area contributed by atoms with Gasteiger partial charge in [0.15, 0.2) is 0 Å². The molecule has 106 valence electrons. The van der Waals surface area contributed by atoms with Crippen LogP contribution < -0.4 is 15.8 Å². The molecule has 1 amide bonds. The number of nitrogens with one attached hydrogen (secondary N) is 2. The molecular weight excluding hydrogens is 268 g/mol. The van der Waals surface area contributed by atoms with Gasteiger partial charge in [-0.2, -0.15) is 0 Å². The molecule has 8 heteroatoms. The number of amides is 1. The number of nitrogens with two attached hydrogens (primary N) is 1. The molecule has 1 aromatic rings. The van der Waals surface area contributed by atoms with Crippen molar-refractivity contribution in [2.24, 2.45) is 5.73 Å². The normalized spacial score (nSPS) is 12.2. The molecule has 0 aliphatic heterocycles. The van der Waals surface area contributed by atoms with Crippen LogP contribution >= 0.6 is 0 Å². The van der Waals surface area contributed by atoms with Gasteiger partial charge in [0.05, 0.1) is 5.69 Å². The van der Waals surface area contributed by atoms with E-state index in [0.29, 0.717) is 5.69 Å². The van der Waals surface area contributed by atoms with Gasteiger partial charge in [0, 0.05) is 31.4 Å². The van der Waals surface area contributed by atoms with Crippen LogP contribution in [0, 0.1) is 0 Å². The molecule has 1 heterocycles. The fraction of sp³-hybridized carbons (Fsp3) is 0.455. The van der Waals surface area contributed by atoms with Gasteiger partial charge in [0.25, 0.3) is 0 Å². The van der Waals surface area contributed by atoms with Crippen LogP contribution in [0.3, 0.4) is 0 Å². The van der Waals surface area contributed by atoms with E-state index in [1.165, 1.54) is 12.4 Å². The van der Waals surface area contributed by atoms with Gasteiger partial charge in [-0.15, -0.1) is 0 Å². The maximum atomic E-state index is 12.3. The minimum Gasteiger partial charge on any atom is -0.387 e. The number of aromatic nitrogens is 1. The summed E-state index contributed by atoms with van der Waals surface area (Å²) in [7, 11) is -2.18. The Hall–Kier alpha value is -1.67. The number of carbonyl (C=O) groups excluding carboxylic acids is 1. The van der Waals surface area contributed by atoms with E-state index in [1.54, 1.807) is 27.0 Å². The summed E-state index contributed by atoms with van der Waals surface area (Å²) in [5.74, 6) is -0.576. The van der Waals surface area contributed by atoms with E-state index >= 15 is 0 Å². The van der Waals surface area contributed by atoms with E-state index in [1.807, 2.05) is 0 Å². The standard InChI is InChI=1S/C11H18N4O3S/c1-11(2,6-10(12)16)15-19(17,18)9-7-14-5-4-8(9)13-3/h4-5,7,15H,6H2,1-3H3,(H2,12,16)(H,13,14). The third kappa shape index (κ3) is 4.18. The Morgan fingerprint density at radius 2 is 2.11 bits per heavy atom. The fourth-order valence-electron chi connectivity index (χ4n) is 1.69. The van der Waals surface area contributed by atoms with Gasteiger partial charge in [-0.3, -0.25) is 9.78 Å². The average molecular weight is 286 g/mol. The second-order valence-corrected chi connectivity index (χ2v) is 6.41. The lowest BCUT2D eigenvalue weighted by Crippen LogP contribution is -2.46. The number of nitrogens with zero attached hydrogens (tertiary/aromatic N) is 1. The van der Waals surface area contributed by atoms with Gasteiger partial charge < -0.3 is 11.1 Å². The minimum atomic E-state index is -3.79. The largest absolute Gasteiger partial charge is 0.387 e. The van der Waals surface area contributed by atoms with Crippen LogP contribution in [0.1, 0.15) is 20.3 Å². The highest BCUT2D eigenvalue weighted by Crippen LogP contribution is 2.21. The summed E-state index contributed by atoms with van der Waals surface area (Å²) in [4.78, 5) is 14.7. The van der Waals surface area contributed by atoms with Crippen LogP contribution in [0.25, 0.3) is 0 Å².